The molecule has 0 heterocycles. The highest BCUT2D eigenvalue weighted by atomic mass is 32.2. The number of hydrogen-bond donors (Lipinski definition) is 2. The van der Waals surface area contributed by atoms with Crippen LogP contribution in [0.1, 0.15) is 24.8 Å². The predicted molar refractivity (Wildman–Crippen MR) is 87.1 cm³/mol. The highest BCUT2D eigenvalue weighted by Crippen LogP contribution is 2.31. The van der Waals surface area contributed by atoms with Crippen LogP contribution in [0, 0.1) is 5.92 Å². The molecule has 22 heavy (non-hydrogen) atoms. The zero-order valence-electron chi connectivity index (χ0n) is 12.7. The molecule has 1 amide bonds. The number of benzene rings is 1. The van der Waals surface area contributed by atoms with E-state index in [1.165, 1.54) is 0 Å². The molecule has 5 nitrogen and oxygen atoms in total. The molecule has 1 saturated carbocycles. The summed E-state index contributed by atoms with van der Waals surface area (Å²) >= 11 is 0. The summed E-state index contributed by atoms with van der Waals surface area (Å²) in [6.45, 7) is 0.364. The average molecular weight is 324 g/mol. The van der Waals surface area contributed by atoms with Gasteiger partial charge >= 0.3 is 0 Å². The van der Waals surface area contributed by atoms with Crippen LogP contribution in [0.4, 0.5) is 0 Å². The first-order valence-corrected chi connectivity index (χ1v) is 9.55. The molecule has 122 valence electrons. The van der Waals surface area contributed by atoms with E-state index in [0.29, 0.717) is 25.3 Å². The van der Waals surface area contributed by atoms with E-state index in [1.54, 1.807) is 0 Å². The minimum Gasteiger partial charge on any atom is -0.354 e. The van der Waals surface area contributed by atoms with Crippen LogP contribution in [0.3, 0.4) is 0 Å². The van der Waals surface area contributed by atoms with Crippen molar-refractivity contribution in [2.45, 2.75) is 31.7 Å². The number of nitrogens with two attached hydrogens (primary N) is 1. The fourth-order valence-corrected chi connectivity index (χ4v) is 3.62. The van der Waals surface area contributed by atoms with Gasteiger partial charge in [0.25, 0.3) is 0 Å². The molecule has 1 fully saturated rings. The van der Waals surface area contributed by atoms with Gasteiger partial charge in [-0.05, 0) is 37.2 Å². The number of carbonyl (C=O) groups is 1. The van der Waals surface area contributed by atoms with Gasteiger partial charge < -0.3 is 11.1 Å². The van der Waals surface area contributed by atoms with E-state index in [2.05, 4.69) is 5.32 Å². The lowest BCUT2D eigenvalue weighted by atomic mass is 10.1. The molecule has 1 aliphatic carbocycles. The van der Waals surface area contributed by atoms with Crippen molar-refractivity contribution in [3.8, 4) is 0 Å². The molecule has 3 N–H and O–H groups in total. The Hall–Kier alpha value is -1.40. The first-order chi connectivity index (χ1) is 10.5. The highest BCUT2D eigenvalue weighted by molar-refractivity contribution is 7.92. The molecule has 0 radical (unpaired) electrons. The fraction of sp³-hybridized carbons (Fsp3) is 0.562. The largest absolute Gasteiger partial charge is 0.354 e. The summed E-state index contributed by atoms with van der Waals surface area (Å²) in [5.74, 6) is -0.373. The second-order valence-corrected chi connectivity index (χ2v) is 8.17. The zero-order chi connectivity index (χ0) is 16.0. The molecular weight excluding hydrogens is 300 g/mol. The average Bonchev–Trinajstić information content (AvgIpc) is 3.30. The van der Waals surface area contributed by atoms with Crippen LogP contribution in [0.2, 0.25) is 0 Å². The van der Waals surface area contributed by atoms with Gasteiger partial charge in [-0.2, -0.15) is 0 Å². The Morgan fingerprint density at radius 3 is 2.59 bits per heavy atom. The number of hydrogen-bond acceptors (Lipinski definition) is 4. The Kier molecular flexibility index (Phi) is 5.97. The van der Waals surface area contributed by atoms with Gasteiger partial charge in [-0.25, -0.2) is 8.42 Å². The van der Waals surface area contributed by atoms with Gasteiger partial charge in [0.15, 0.2) is 9.84 Å². The van der Waals surface area contributed by atoms with Crippen LogP contribution in [0.5, 0.6) is 0 Å². The molecule has 0 aliphatic heterocycles. The first-order valence-electron chi connectivity index (χ1n) is 7.73. The minimum absolute atomic E-state index is 0.0317. The molecule has 1 unspecified atom stereocenters. The number of carbonyl (C=O) groups excluding carboxylic acids is 1. The van der Waals surface area contributed by atoms with Crippen LogP contribution in [-0.4, -0.2) is 38.4 Å². The number of sulfone groups is 1. The Labute approximate surface area is 132 Å². The molecule has 1 aromatic carbocycles. The van der Waals surface area contributed by atoms with Gasteiger partial charge in [-0.1, -0.05) is 30.3 Å². The van der Waals surface area contributed by atoms with Gasteiger partial charge in [0, 0.05) is 12.6 Å². The third-order valence-electron chi connectivity index (χ3n) is 3.88. The third-order valence-corrected chi connectivity index (χ3v) is 5.49. The quantitative estimate of drug-likeness (QED) is 0.706. The molecule has 2 rings (SSSR count). The van der Waals surface area contributed by atoms with E-state index in [-0.39, 0.29) is 11.8 Å². The lowest BCUT2D eigenvalue weighted by Crippen LogP contribution is -2.41. The van der Waals surface area contributed by atoms with Crippen LogP contribution in [-0.2, 0) is 21.1 Å². The van der Waals surface area contributed by atoms with Crippen molar-refractivity contribution >= 4 is 15.7 Å². The minimum atomic E-state index is -3.36. The maximum Gasteiger partial charge on any atom is 0.235 e. The second-order valence-electron chi connectivity index (χ2n) is 5.99. The van der Waals surface area contributed by atoms with Crippen LogP contribution >= 0.6 is 0 Å². The van der Waals surface area contributed by atoms with Crippen molar-refractivity contribution in [3.05, 3.63) is 35.9 Å². The maximum atomic E-state index is 11.9. The number of rotatable bonds is 9. The summed E-state index contributed by atoms with van der Waals surface area (Å²) in [7, 11) is -3.36. The third kappa shape index (κ3) is 6.15. The van der Waals surface area contributed by atoms with Gasteiger partial charge in [0.2, 0.25) is 5.91 Å². The Morgan fingerprint density at radius 2 is 1.95 bits per heavy atom. The van der Waals surface area contributed by atoms with E-state index in [9.17, 15) is 13.2 Å². The number of aryl methyl sites for hydroxylation is 1. The molecule has 0 aromatic heterocycles. The molecule has 1 atom stereocenters. The molecule has 0 spiro atoms. The summed E-state index contributed by atoms with van der Waals surface area (Å²) in [4.78, 5) is 11.7. The van der Waals surface area contributed by atoms with E-state index in [4.69, 9.17) is 5.73 Å². The Balaban J connectivity index is 1.67. The van der Waals surface area contributed by atoms with Crippen molar-refractivity contribution < 1.29 is 13.2 Å². The Morgan fingerprint density at radius 1 is 1.27 bits per heavy atom. The number of amides is 1. The summed E-state index contributed by atoms with van der Waals surface area (Å²) in [5.41, 5.74) is 6.98. The van der Waals surface area contributed by atoms with Gasteiger partial charge in [0.1, 0.15) is 5.75 Å². The lowest BCUT2D eigenvalue weighted by molar-refractivity contribution is -0.118. The van der Waals surface area contributed by atoms with Gasteiger partial charge in [-0.15, -0.1) is 0 Å². The highest BCUT2D eigenvalue weighted by Gasteiger charge is 2.28. The van der Waals surface area contributed by atoms with Crippen molar-refractivity contribution in [2.75, 3.05) is 18.1 Å². The lowest BCUT2D eigenvalue weighted by Gasteiger charge is -2.11. The van der Waals surface area contributed by atoms with Crippen LogP contribution in [0.25, 0.3) is 0 Å². The summed E-state index contributed by atoms with van der Waals surface area (Å²) in [6, 6.07) is 9.68. The smallest absolute Gasteiger partial charge is 0.235 e. The van der Waals surface area contributed by atoms with Crippen LogP contribution < -0.4 is 11.1 Å². The van der Waals surface area contributed by atoms with Gasteiger partial charge in [-0.3, -0.25) is 4.79 Å². The number of nitrogens with one attached hydrogen (secondary N) is 1. The summed E-state index contributed by atoms with van der Waals surface area (Å²) in [6.07, 6.45) is 3.44. The standard InChI is InChI=1S/C16H24N2O3S/c17-15(14-8-9-14)11-18-16(19)12-22(20,21)10-4-7-13-5-2-1-3-6-13/h1-3,5-6,14-15H,4,7-12,17H2,(H,18,19). The zero-order valence-corrected chi connectivity index (χ0v) is 13.5. The van der Waals surface area contributed by atoms with Crippen molar-refractivity contribution in [2.24, 2.45) is 11.7 Å². The normalized spacial score (nSPS) is 16.2. The second kappa shape index (κ2) is 7.74. The molecule has 0 saturated heterocycles. The van der Waals surface area contributed by atoms with E-state index >= 15 is 0 Å². The predicted octanol–water partition coefficient (Wildman–Crippen LogP) is 0.888. The topological polar surface area (TPSA) is 89.3 Å². The monoisotopic (exact) mass is 324 g/mol. The fourth-order valence-electron chi connectivity index (χ4n) is 2.39. The van der Waals surface area contributed by atoms with E-state index in [1.807, 2.05) is 30.3 Å². The molecular formula is C16H24N2O3S. The molecule has 6 heteroatoms. The van der Waals surface area contributed by atoms with Crippen molar-refractivity contribution in [1.82, 2.24) is 5.32 Å². The van der Waals surface area contributed by atoms with E-state index < -0.39 is 21.5 Å². The first kappa shape index (κ1) is 17.0. The van der Waals surface area contributed by atoms with Crippen molar-refractivity contribution in [3.63, 3.8) is 0 Å². The van der Waals surface area contributed by atoms with Crippen LogP contribution in [0.15, 0.2) is 30.3 Å². The van der Waals surface area contributed by atoms with Crippen molar-refractivity contribution in [1.29, 1.82) is 0 Å². The SMILES string of the molecule is NC(CNC(=O)CS(=O)(=O)CCCc1ccccc1)C1CC1. The summed E-state index contributed by atoms with van der Waals surface area (Å²) < 4.78 is 23.9. The van der Waals surface area contributed by atoms with Gasteiger partial charge in [0.05, 0.1) is 5.75 Å². The molecule has 1 aromatic rings. The maximum absolute atomic E-state index is 11.9. The molecule has 1 aliphatic rings. The molecule has 0 bridgehead atoms. The van der Waals surface area contributed by atoms with E-state index in [0.717, 1.165) is 18.4 Å². The Bertz CT molecular complexity index is 583. The summed E-state index contributed by atoms with van der Waals surface area (Å²) in [5, 5.41) is 2.62.